The van der Waals surface area contributed by atoms with Crippen LogP contribution in [0.25, 0.3) is 0 Å². The topological polar surface area (TPSA) is 41.9 Å². The summed E-state index contributed by atoms with van der Waals surface area (Å²) in [4.78, 5) is 2.58. The van der Waals surface area contributed by atoms with Crippen LogP contribution in [-0.2, 0) is 9.47 Å². The Morgan fingerprint density at radius 3 is 2.74 bits per heavy atom. The molecule has 0 spiro atoms. The second-order valence-corrected chi connectivity index (χ2v) is 5.87. The zero-order chi connectivity index (χ0) is 13.5. The minimum absolute atomic E-state index is 0.0523. The van der Waals surface area contributed by atoms with Gasteiger partial charge in [0.05, 0.1) is 19.3 Å². The van der Waals surface area contributed by atoms with Crippen LogP contribution in [-0.4, -0.2) is 62.2 Å². The molecule has 1 saturated carbocycles. The van der Waals surface area contributed by atoms with Crippen LogP contribution >= 0.6 is 0 Å². The molecule has 0 amide bonds. The van der Waals surface area contributed by atoms with Gasteiger partial charge >= 0.3 is 0 Å². The Kier molecular flexibility index (Phi) is 6.57. The average Bonchev–Trinajstić information content (AvgIpc) is 3.02. The molecule has 112 valence electrons. The highest BCUT2D eigenvalue weighted by Crippen LogP contribution is 2.35. The third-order valence-corrected chi connectivity index (χ3v) is 4.61. The molecular formula is C15H29NO3. The lowest BCUT2D eigenvalue weighted by Gasteiger charge is -2.31. The SMILES string of the molecule is COCCOCCCN1CCCC1C1CCCC1O. The van der Waals surface area contributed by atoms with Crippen molar-refractivity contribution in [1.82, 2.24) is 4.90 Å². The van der Waals surface area contributed by atoms with E-state index in [-0.39, 0.29) is 6.10 Å². The number of ether oxygens (including phenoxy) is 2. The van der Waals surface area contributed by atoms with E-state index < -0.39 is 0 Å². The van der Waals surface area contributed by atoms with Crippen LogP contribution in [0.4, 0.5) is 0 Å². The van der Waals surface area contributed by atoms with Crippen molar-refractivity contribution in [2.45, 2.75) is 50.7 Å². The first-order chi connectivity index (χ1) is 9.33. The molecule has 0 aromatic carbocycles. The first-order valence-corrected chi connectivity index (χ1v) is 7.81. The summed E-state index contributed by atoms with van der Waals surface area (Å²) in [6.45, 7) is 4.51. The van der Waals surface area contributed by atoms with E-state index in [1.165, 1.54) is 32.2 Å². The molecule has 19 heavy (non-hydrogen) atoms. The summed E-state index contributed by atoms with van der Waals surface area (Å²) in [6, 6.07) is 0.622. The zero-order valence-corrected chi connectivity index (χ0v) is 12.2. The quantitative estimate of drug-likeness (QED) is 0.682. The molecule has 0 bridgehead atoms. The lowest BCUT2D eigenvalue weighted by molar-refractivity contribution is 0.0531. The number of likely N-dealkylation sites (tertiary alicyclic amines) is 1. The molecule has 1 heterocycles. The molecular weight excluding hydrogens is 242 g/mol. The zero-order valence-electron chi connectivity index (χ0n) is 12.2. The number of nitrogens with zero attached hydrogens (tertiary/aromatic N) is 1. The van der Waals surface area contributed by atoms with Gasteiger partial charge in [0.1, 0.15) is 0 Å². The standard InChI is InChI=1S/C15H29NO3/c1-18-11-12-19-10-4-9-16-8-3-6-14(16)13-5-2-7-15(13)17/h13-15,17H,2-12H2,1H3. The van der Waals surface area contributed by atoms with Crippen molar-refractivity contribution in [3.05, 3.63) is 0 Å². The Labute approximate surface area is 117 Å². The van der Waals surface area contributed by atoms with Crippen LogP contribution in [0.5, 0.6) is 0 Å². The first kappa shape index (κ1) is 15.2. The molecule has 4 nitrogen and oxygen atoms in total. The summed E-state index contributed by atoms with van der Waals surface area (Å²) in [5, 5.41) is 10.1. The highest BCUT2D eigenvalue weighted by Gasteiger charge is 2.37. The monoisotopic (exact) mass is 271 g/mol. The largest absolute Gasteiger partial charge is 0.393 e. The predicted molar refractivity (Wildman–Crippen MR) is 75.3 cm³/mol. The second-order valence-electron chi connectivity index (χ2n) is 5.87. The van der Waals surface area contributed by atoms with E-state index in [1.54, 1.807) is 7.11 Å². The van der Waals surface area contributed by atoms with Gasteiger partial charge in [0, 0.05) is 32.2 Å². The highest BCUT2D eigenvalue weighted by molar-refractivity contribution is 4.91. The fourth-order valence-corrected chi connectivity index (χ4v) is 3.65. The predicted octanol–water partition coefficient (Wildman–Crippen LogP) is 1.66. The van der Waals surface area contributed by atoms with E-state index in [0.717, 1.165) is 26.0 Å². The van der Waals surface area contributed by atoms with Gasteiger partial charge in [-0.2, -0.15) is 0 Å². The normalized spacial score (nSPS) is 32.2. The van der Waals surface area contributed by atoms with E-state index in [4.69, 9.17) is 9.47 Å². The van der Waals surface area contributed by atoms with Crippen LogP contribution in [0.2, 0.25) is 0 Å². The Morgan fingerprint density at radius 1 is 1.11 bits per heavy atom. The maximum Gasteiger partial charge on any atom is 0.0700 e. The third kappa shape index (κ3) is 4.42. The number of hydrogen-bond acceptors (Lipinski definition) is 4. The lowest BCUT2D eigenvalue weighted by Crippen LogP contribution is -2.39. The second kappa shape index (κ2) is 8.20. The van der Waals surface area contributed by atoms with Gasteiger partial charge in [0.2, 0.25) is 0 Å². The Balaban J connectivity index is 1.64. The average molecular weight is 271 g/mol. The van der Waals surface area contributed by atoms with Crippen molar-refractivity contribution in [3.63, 3.8) is 0 Å². The maximum atomic E-state index is 10.1. The number of hydrogen-bond donors (Lipinski definition) is 1. The van der Waals surface area contributed by atoms with Crippen molar-refractivity contribution >= 4 is 0 Å². The van der Waals surface area contributed by atoms with Crippen molar-refractivity contribution < 1.29 is 14.6 Å². The van der Waals surface area contributed by atoms with E-state index >= 15 is 0 Å². The van der Waals surface area contributed by atoms with Gasteiger partial charge in [-0.05, 0) is 38.6 Å². The Hall–Kier alpha value is -0.160. The third-order valence-electron chi connectivity index (χ3n) is 4.61. The van der Waals surface area contributed by atoms with E-state index in [2.05, 4.69) is 4.90 Å². The fourth-order valence-electron chi connectivity index (χ4n) is 3.65. The summed E-state index contributed by atoms with van der Waals surface area (Å²) in [6.07, 6.45) is 7.02. The molecule has 1 aliphatic heterocycles. The van der Waals surface area contributed by atoms with Crippen molar-refractivity contribution in [1.29, 1.82) is 0 Å². The van der Waals surface area contributed by atoms with Gasteiger partial charge in [-0.1, -0.05) is 6.42 Å². The Morgan fingerprint density at radius 2 is 2.00 bits per heavy atom. The first-order valence-electron chi connectivity index (χ1n) is 7.81. The van der Waals surface area contributed by atoms with E-state index in [9.17, 15) is 5.11 Å². The van der Waals surface area contributed by atoms with Crippen LogP contribution in [0.15, 0.2) is 0 Å². The molecule has 1 N–H and O–H groups in total. The number of methoxy groups -OCH3 is 1. The van der Waals surface area contributed by atoms with Crippen LogP contribution in [0.1, 0.15) is 38.5 Å². The van der Waals surface area contributed by atoms with Crippen LogP contribution in [0, 0.1) is 5.92 Å². The molecule has 2 fully saturated rings. The number of aliphatic hydroxyl groups excluding tert-OH is 1. The van der Waals surface area contributed by atoms with Gasteiger partial charge in [0.15, 0.2) is 0 Å². The molecule has 0 aromatic heterocycles. The molecule has 3 unspecified atom stereocenters. The molecule has 0 radical (unpaired) electrons. The molecule has 1 saturated heterocycles. The summed E-state index contributed by atoms with van der Waals surface area (Å²) in [5.74, 6) is 0.525. The molecule has 2 aliphatic rings. The van der Waals surface area contributed by atoms with Crippen LogP contribution in [0.3, 0.4) is 0 Å². The Bertz CT molecular complexity index is 250. The minimum Gasteiger partial charge on any atom is -0.393 e. The van der Waals surface area contributed by atoms with Gasteiger partial charge in [0.25, 0.3) is 0 Å². The van der Waals surface area contributed by atoms with Gasteiger partial charge in [-0.25, -0.2) is 0 Å². The van der Waals surface area contributed by atoms with Crippen molar-refractivity contribution in [3.8, 4) is 0 Å². The molecule has 3 atom stereocenters. The smallest absolute Gasteiger partial charge is 0.0700 e. The van der Waals surface area contributed by atoms with Crippen LogP contribution < -0.4 is 0 Å². The molecule has 1 aliphatic carbocycles. The van der Waals surface area contributed by atoms with E-state index in [0.29, 0.717) is 25.2 Å². The van der Waals surface area contributed by atoms with E-state index in [1.807, 2.05) is 0 Å². The van der Waals surface area contributed by atoms with Crippen molar-refractivity contribution in [2.75, 3.05) is 40.0 Å². The highest BCUT2D eigenvalue weighted by atomic mass is 16.5. The van der Waals surface area contributed by atoms with Crippen molar-refractivity contribution in [2.24, 2.45) is 5.92 Å². The molecule has 2 rings (SSSR count). The van der Waals surface area contributed by atoms with Gasteiger partial charge in [-0.15, -0.1) is 0 Å². The molecule has 0 aromatic rings. The minimum atomic E-state index is -0.0523. The van der Waals surface area contributed by atoms with Gasteiger partial charge in [-0.3, -0.25) is 4.90 Å². The molecule has 4 heteroatoms. The summed E-state index contributed by atoms with van der Waals surface area (Å²) >= 11 is 0. The van der Waals surface area contributed by atoms with Gasteiger partial charge < -0.3 is 14.6 Å². The summed E-state index contributed by atoms with van der Waals surface area (Å²) in [7, 11) is 1.70. The fraction of sp³-hybridized carbons (Fsp3) is 1.00. The lowest BCUT2D eigenvalue weighted by atomic mass is 9.94. The number of rotatable bonds is 8. The maximum absolute atomic E-state index is 10.1. The summed E-state index contributed by atoms with van der Waals surface area (Å²) < 4.78 is 10.5. The summed E-state index contributed by atoms with van der Waals surface area (Å²) in [5.41, 5.74) is 0. The number of aliphatic hydroxyl groups is 1.